The summed E-state index contributed by atoms with van der Waals surface area (Å²) in [6.45, 7) is 6.56. The number of amides is 5. The average Bonchev–Trinajstić information content (AvgIpc) is 2.99. The minimum atomic E-state index is -0.968. The summed E-state index contributed by atoms with van der Waals surface area (Å²) < 4.78 is 5.05. The van der Waals surface area contributed by atoms with Gasteiger partial charge in [-0.25, -0.2) is 0 Å². The molecule has 0 aromatic heterocycles. The first-order valence-electron chi connectivity index (χ1n) is 15.2. The van der Waals surface area contributed by atoms with Crippen LogP contribution in [0.4, 0.5) is 0 Å². The summed E-state index contributed by atoms with van der Waals surface area (Å²) >= 11 is 0. The van der Waals surface area contributed by atoms with Gasteiger partial charge < -0.3 is 30.9 Å². The van der Waals surface area contributed by atoms with E-state index in [1.54, 1.807) is 36.1 Å². The molecule has 0 aliphatic carbocycles. The maximum atomic E-state index is 13.6. The van der Waals surface area contributed by atoms with Crippen molar-refractivity contribution in [3.8, 4) is 0 Å². The highest BCUT2D eigenvalue weighted by Crippen LogP contribution is 2.12. The van der Waals surface area contributed by atoms with E-state index in [1.165, 1.54) is 7.11 Å². The van der Waals surface area contributed by atoms with E-state index in [2.05, 4.69) is 21.3 Å². The Morgan fingerprint density at radius 1 is 0.886 bits per heavy atom. The first-order valence-corrected chi connectivity index (χ1v) is 15.2. The van der Waals surface area contributed by atoms with Gasteiger partial charge in [-0.3, -0.25) is 24.0 Å². The second-order valence-corrected chi connectivity index (χ2v) is 11.6. The van der Waals surface area contributed by atoms with Crippen LogP contribution in [0.2, 0.25) is 0 Å². The highest BCUT2D eigenvalue weighted by molar-refractivity contribution is 5.99. The largest absolute Gasteiger partial charge is 0.375 e. The minimum Gasteiger partial charge on any atom is -0.375 e. The van der Waals surface area contributed by atoms with E-state index < -0.39 is 35.8 Å². The van der Waals surface area contributed by atoms with Crippen LogP contribution in [-0.2, 0) is 36.9 Å². The molecule has 0 unspecified atom stereocenters. The first kappa shape index (κ1) is 34.2. The molecule has 0 radical (unpaired) electrons. The summed E-state index contributed by atoms with van der Waals surface area (Å²) in [6, 6.07) is 13.5. The van der Waals surface area contributed by atoms with E-state index in [9.17, 15) is 24.0 Å². The van der Waals surface area contributed by atoms with Gasteiger partial charge in [-0.15, -0.1) is 0 Å². The molecule has 0 saturated heterocycles. The molecule has 2 heterocycles. The van der Waals surface area contributed by atoms with Crippen molar-refractivity contribution < 1.29 is 28.7 Å². The Morgan fingerprint density at radius 2 is 1.57 bits per heavy atom. The van der Waals surface area contributed by atoms with Crippen LogP contribution in [0, 0.1) is 5.92 Å². The third-order valence-electron chi connectivity index (χ3n) is 7.36. The molecule has 3 atom stereocenters. The molecule has 5 amide bonds. The van der Waals surface area contributed by atoms with E-state index in [4.69, 9.17) is 4.74 Å². The second-order valence-electron chi connectivity index (χ2n) is 11.6. The molecule has 2 aliphatic rings. The van der Waals surface area contributed by atoms with Crippen molar-refractivity contribution in [3.05, 3.63) is 71.3 Å². The fraction of sp³-hybridized carbons (Fsp3) is 0.485. The highest BCUT2D eigenvalue weighted by Gasteiger charge is 2.29. The Labute approximate surface area is 259 Å². The molecule has 2 aliphatic heterocycles. The van der Waals surface area contributed by atoms with Crippen LogP contribution in [0.15, 0.2) is 54.6 Å². The molecule has 0 spiro atoms. The smallest absolute Gasteiger partial charge is 0.251 e. The number of rotatable bonds is 6. The van der Waals surface area contributed by atoms with Gasteiger partial charge in [0.25, 0.3) is 5.91 Å². The summed E-state index contributed by atoms with van der Waals surface area (Å²) in [5.41, 5.74) is 2.03. The summed E-state index contributed by atoms with van der Waals surface area (Å²) in [5.74, 6) is -1.87. The van der Waals surface area contributed by atoms with Crippen LogP contribution < -0.4 is 21.3 Å². The lowest BCUT2D eigenvalue weighted by Crippen LogP contribution is -2.57. The van der Waals surface area contributed by atoms with E-state index in [-0.39, 0.29) is 30.8 Å². The zero-order chi connectivity index (χ0) is 32.1. The van der Waals surface area contributed by atoms with Gasteiger partial charge in [0.05, 0.1) is 0 Å². The summed E-state index contributed by atoms with van der Waals surface area (Å²) in [7, 11) is 1.46. The molecule has 2 aromatic rings. The van der Waals surface area contributed by atoms with Crippen molar-refractivity contribution in [3.63, 3.8) is 0 Å². The minimum absolute atomic E-state index is 0.0584. The maximum absolute atomic E-state index is 13.6. The van der Waals surface area contributed by atoms with Gasteiger partial charge in [0, 0.05) is 38.7 Å². The lowest BCUT2D eigenvalue weighted by Gasteiger charge is -2.25. The van der Waals surface area contributed by atoms with Crippen molar-refractivity contribution in [1.82, 2.24) is 26.2 Å². The monoisotopic (exact) mass is 607 g/mol. The number of nitrogens with zero attached hydrogens (tertiary/aromatic N) is 1. The molecule has 4 rings (SSSR count). The predicted octanol–water partition coefficient (Wildman–Crippen LogP) is 1.95. The number of hydrogen-bond acceptors (Lipinski definition) is 6. The molecular formula is C33H45N5O6. The van der Waals surface area contributed by atoms with Crippen LogP contribution in [0.1, 0.15) is 61.5 Å². The van der Waals surface area contributed by atoms with E-state index in [1.807, 2.05) is 44.2 Å². The van der Waals surface area contributed by atoms with Crippen LogP contribution in [-0.4, -0.2) is 79.4 Å². The summed E-state index contributed by atoms with van der Waals surface area (Å²) in [5, 5.41) is 11.2. The van der Waals surface area contributed by atoms with Crippen molar-refractivity contribution >= 4 is 29.5 Å². The molecule has 0 saturated carbocycles. The maximum Gasteiger partial charge on any atom is 0.251 e. The topological polar surface area (TPSA) is 146 Å². The van der Waals surface area contributed by atoms with E-state index in [0.29, 0.717) is 44.5 Å². The molecule has 0 fully saturated rings. The summed E-state index contributed by atoms with van der Waals surface area (Å²) in [4.78, 5) is 67.4. The van der Waals surface area contributed by atoms with Crippen molar-refractivity contribution in [2.45, 2.75) is 71.1 Å². The fourth-order valence-corrected chi connectivity index (χ4v) is 4.94. The zero-order valence-electron chi connectivity index (χ0n) is 26.1. The standard InChI is InChI=1S/C33H45N5O6/c1-22(2)18-27-32(42)35-23(3)30(40)34-16-8-9-17-38(29(39)21-44-4)20-25-12-14-26(15-13-25)31(41)36-28(33(43)37-27)19-24-10-6-5-7-11-24/h5-7,10-15,22-23,27-28H,8-9,16-21H2,1-4H3,(H,34,40)(H,35,42)(H,36,41)(H,37,43)/t23-,27+,28-/m1/s1. The lowest BCUT2D eigenvalue weighted by molar-refractivity contribution is -0.136. The molecule has 2 aromatic carbocycles. The fourth-order valence-electron chi connectivity index (χ4n) is 4.94. The highest BCUT2D eigenvalue weighted by atomic mass is 16.5. The van der Waals surface area contributed by atoms with Gasteiger partial charge in [0.2, 0.25) is 23.6 Å². The van der Waals surface area contributed by atoms with Crippen LogP contribution in [0.3, 0.4) is 0 Å². The average molecular weight is 608 g/mol. The lowest BCUT2D eigenvalue weighted by atomic mass is 10.0. The van der Waals surface area contributed by atoms with Gasteiger partial charge in [-0.05, 0) is 55.4 Å². The SMILES string of the molecule is COCC(=O)N1CCCCNC(=O)[C@@H](C)NC(=O)[C@H](CC(C)C)NC(=O)[C@@H](Cc2ccccc2)NC(=O)c2ccc(cc2)C1. The van der Waals surface area contributed by atoms with Gasteiger partial charge in [-0.2, -0.15) is 0 Å². The van der Waals surface area contributed by atoms with Crippen molar-refractivity contribution in [1.29, 1.82) is 0 Å². The number of hydrogen-bond donors (Lipinski definition) is 4. The number of carbonyl (C=O) groups excluding carboxylic acids is 5. The normalized spacial score (nSPS) is 21.1. The molecule has 238 valence electrons. The Bertz CT molecular complexity index is 1270. The van der Waals surface area contributed by atoms with Crippen molar-refractivity contribution in [2.75, 3.05) is 26.8 Å². The molecule has 44 heavy (non-hydrogen) atoms. The number of nitrogens with one attached hydrogen (secondary N) is 4. The third-order valence-corrected chi connectivity index (χ3v) is 7.36. The number of carbonyl (C=O) groups is 5. The predicted molar refractivity (Wildman–Crippen MR) is 166 cm³/mol. The Morgan fingerprint density at radius 3 is 2.23 bits per heavy atom. The van der Waals surface area contributed by atoms with Gasteiger partial charge in [0.1, 0.15) is 24.7 Å². The van der Waals surface area contributed by atoms with Gasteiger partial charge >= 0.3 is 0 Å². The molecule has 4 N–H and O–H groups in total. The summed E-state index contributed by atoms with van der Waals surface area (Å²) in [6.07, 6.45) is 1.82. The molecular weight excluding hydrogens is 562 g/mol. The van der Waals surface area contributed by atoms with E-state index >= 15 is 0 Å². The van der Waals surface area contributed by atoms with Crippen LogP contribution >= 0.6 is 0 Å². The number of benzene rings is 2. The zero-order valence-corrected chi connectivity index (χ0v) is 26.1. The van der Waals surface area contributed by atoms with Crippen molar-refractivity contribution in [2.24, 2.45) is 5.92 Å². The van der Waals surface area contributed by atoms with Gasteiger partial charge in [-0.1, -0.05) is 56.3 Å². The van der Waals surface area contributed by atoms with Crippen LogP contribution in [0.25, 0.3) is 0 Å². The number of ether oxygens (including phenoxy) is 1. The second kappa shape index (κ2) is 17.1. The Balaban J connectivity index is 1.91. The van der Waals surface area contributed by atoms with E-state index in [0.717, 1.165) is 11.1 Å². The number of methoxy groups -OCH3 is 1. The quantitative estimate of drug-likeness (QED) is 0.370. The Kier molecular flexibility index (Phi) is 13.3. The molecule has 11 nitrogen and oxygen atoms in total. The van der Waals surface area contributed by atoms with Crippen LogP contribution in [0.5, 0.6) is 0 Å². The third kappa shape index (κ3) is 10.8. The molecule has 2 bridgehead atoms. The Hall–Kier alpha value is -4.25. The molecule has 11 heteroatoms. The van der Waals surface area contributed by atoms with Gasteiger partial charge in [0.15, 0.2) is 0 Å². The first-order chi connectivity index (χ1) is 21.1. The number of fused-ring (bicyclic) bond motifs is 18.